The molecule has 0 aliphatic carbocycles. The lowest BCUT2D eigenvalue weighted by atomic mass is 9.99. The third-order valence-corrected chi connectivity index (χ3v) is 5.60. The van der Waals surface area contributed by atoms with E-state index in [9.17, 15) is 45.6 Å². The van der Waals surface area contributed by atoms with Crippen molar-refractivity contribution in [3.05, 3.63) is 34.5 Å². The molecule has 5 atom stereocenters. The fourth-order valence-corrected chi connectivity index (χ4v) is 3.69. The second kappa shape index (κ2) is 9.13. The molecule has 1 fully saturated rings. The average Bonchev–Trinajstić information content (AvgIpc) is 2.84. The van der Waals surface area contributed by atoms with Crippen molar-refractivity contribution in [1.29, 1.82) is 0 Å². The summed E-state index contributed by atoms with van der Waals surface area (Å²) in [5.74, 6) is -3.85. The number of hydrogen-bond donors (Lipinski definition) is 8. The maximum atomic E-state index is 12.6. The van der Waals surface area contributed by atoms with Crippen molar-refractivity contribution in [2.24, 2.45) is 0 Å². The molecule has 4 rings (SSSR count). The predicted molar refractivity (Wildman–Crippen MR) is 116 cm³/mol. The van der Waals surface area contributed by atoms with Gasteiger partial charge in [-0.15, -0.1) is 0 Å². The Hall–Kier alpha value is -3.75. The van der Waals surface area contributed by atoms with Crippen LogP contribution in [-0.4, -0.2) is 85.3 Å². The van der Waals surface area contributed by atoms with Crippen molar-refractivity contribution in [1.82, 2.24) is 0 Å². The van der Waals surface area contributed by atoms with Crippen molar-refractivity contribution in [2.75, 3.05) is 13.7 Å². The number of aliphatic hydroxyl groups is 4. The van der Waals surface area contributed by atoms with Crippen molar-refractivity contribution in [3.8, 4) is 45.8 Å². The van der Waals surface area contributed by atoms with Crippen LogP contribution in [0.5, 0.6) is 34.5 Å². The quantitative estimate of drug-likeness (QED) is 0.209. The zero-order valence-corrected chi connectivity index (χ0v) is 18.0. The highest BCUT2D eigenvalue weighted by Gasteiger charge is 2.45. The topological polar surface area (TPSA) is 220 Å². The first-order valence-corrected chi connectivity index (χ1v) is 10.2. The van der Waals surface area contributed by atoms with Crippen LogP contribution < -0.4 is 14.9 Å². The van der Waals surface area contributed by atoms with Crippen LogP contribution in [0, 0.1) is 0 Å². The number of fused-ring (bicyclic) bond motifs is 1. The van der Waals surface area contributed by atoms with Crippen LogP contribution in [-0.2, 0) is 4.74 Å². The van der Waals surface area contributed by atoms with Crippen LogP contribution in [0.25, 0.3) is 22.3 Å². The van der Waals surface area contributed by atoms with E-state index in [-0.39, 0.29) is 28.4 Å². The maximum Gasteiger partial charge on any atom is 0.238 e. The molecule has 188 valence electrons. The van der Waals surface area contributed by atoms with Gasteiger partial charge in [-0.1, -0.05) is 0 Å². The van der Waals surface area contributed by atoms with Gasteiger partial charge in [-0.25, -0.2) is 0 Å². The first-order chi connectivity index (χ1) is 16.6. The minimum absolute atomic E-state index is 0.00619. The molecule has 8 N–H and O–H groups in total. The number of aliphatic hydroxyl groups excluding tert-OH is 4. The molecule has 1 aliphatic rings. The van der Waals surface area contributed by atoms with Crippen LogP contribution in [0.1, 0.15) is 0 Å². The zero-order valence-electron chi connectivity index (χ0n) is 18.0. The molecule has 13 heteroatoms. The second-order valence-electron chi connectivity index (χ2n) is 7.76. The molecule has 0 amide bonds. The minimum Gasteiger partial charge on any atom is -0.504 e. The van der Waals surface area contributed by atoms with Crippen LogP contribution >= 0.6 is 0 Å². The number of methoxy groups -OCH3 is 1. The summed E-state index contributed by atoms with van der Waals surface area (Å²) in [6, 6.07) is 4.65. The van der Waals surface area contributed by atoms with Gasteiger partial charge in [-0.3, -0.25) is 4.79 Å². The molecule has 2 aromatic carbocycles. The van der Waals surface area contributed by atoms with Crippen LogP contribution in [0.3, 0.4) is 0 Å². The molecular formula is C22H22O13. The number of hydrogen-bond acceptors (Lipinski definition) is 13. The SMILES string of the molecule is COc1cc2oc(-c3ccc(O[C@@H]4OC(CO)[C@@H](O)[C@H](O)C4O)c(O)c3)c(O)c(=O)c2c(O)c1O. The molecule has 0 spiro atoms. The van der Waals surface area contributed by atoms with E-state index < -0.39 is 71.1 Å². The van der Waals surface area contributed by atoms with E-state index >= 15 is 0 Å². The van der Waals surface area contributed by atoms with Gasteiger partial charge >= 0.3 is 0 Å². The molecule has 2 unspecified atom stereocenters. The molecule has 35 heavy (non-hydrogen) atoms. The largest absolute Gasteiger partial charge is 0.504 e. The van der Waals surface area contributed by atoms with E-state index in [4.69, 9.17) is 18.6 Å². The second-order valence-corrected chi connectivity index (χ2v) is 7.76. The smallest absolute Gasteiger partial charge is 0.238 e. The lowest BCUT2D eigenvalue weighted by molar-refractivity contribution is -0.277. The summed E-state index contributed by atoms with van der Waals surface area (Å²) in [4.78, 5) is 12.6. The Morgan fingerprint density at radius 1 is 0.914 bits per heavy atom. The normalized spacial score (nSPS) is 24.4. The third-order valence-electron chi connectivity index (χ3n) is 5.60. The third kappa shape index (κ3) is 4.05. The number of ether oxygens (including phenoxy) is 3. The molecule has 3 aromatic rings. The lowest BCUT2D eigenvalue weighted by Gasteiger charge is -2.39. The van der Waals surface area contributed by atoms with Crippen molar-refractivity contribution >= 4 is 11.0 Å². The highest BCUT2D eigenvalue weighted by atomic mass is 16.7. The highest BCUT2D eigenvalue weighted by Crippen LogP contribution is 2.43. The van der Waals surface area contributed by atoms with E-state index in [0.717, 1.165) is 12.1 Å². The number of rotatable bonds is 5. The lowest BCUT2D eigenvalue weighted by Crippen LogP contribution is -2.60. The Morgan fingerprint density at radius 3 is 2.26 bits per heavy atom. The van der Waals surface area contributed by atoms with Gasteiger partial charge in [0, 0.05) is 11.6 Å². The van der Waals surface area contributed by atoms with Gasteiger partial charge in [0.15, 0.2) is 28.8 Å². The van der Waals surface area contributed by atoms with Gasteiger partial charge in [0.2, 0.25) is 23.2 Å². The Morgan fingerprint density at radius 2 is 1.63 bits per heavy atom. The summed E-state index contributed by atoms with van der Waals surface area (Å²) >= 11 is 0. The average molecular weight is 494 g/mol. The molecule has 0 radical (unpaired) electrons. The molecular weight excluding hydrogens is 472 g/mol. The molecule has 2 heterocycles. The minimum atomic E-state index is -1.71. The van der Waals surface area contributed by atoms with E-state index in [0.29, 0.717) is 0 Å². The summed E-state index contributed by atoms with van der Waals surface area (Å²) in [7, 11) is 1.21. The van der Waals surface area contributed by atoms with Gasteiger partial charge in [0.1, 0.15) is 35.4 Å². The maximum absolute atomic E-state index is 12.6. The number of phenolic OH excluding ortho intramolecular Hbond substituents is 3. The fourth-order valence-electron chi connectivity index (χ4n) is 3.69. The monoisotopic (exact) mass is 494 g/mol. The molecule has 13 nitrogen and oxygen atoms in total. The van der Waals surface area contributed by atoms with Crippen LogP contribution in [0.2, 0.25) is 0 Å². The Kier molecular flexibility index (Phi) is 6.36. The van der Waals surface area contributed by atoms with Crippen LogP contribution in [0.15, 0.2) is 33.5 Å². The molecule has 0 saturated carbocycles. The first kappa shape index (κ1) is 24.4. The fraction of sp³-hybridized carbons (Fsp3) is 0.318. The van der Waals surface area contributed by atoms with Crippen molar-refractivity contribution in [3.63, 3.8) is 0 Å². The predicted octanol–water partition coefficient (Wildman–Crippen LogP) is -0.530. The molecule has 0 bridgehead atoms. The van der Waals surface area contributed by atoms with E-state index in [1.807, 2.05) is 0 Å². The Balaban J connectivity index is 1.71. The summed E-state index contributed by atoms with van der Waals surface area (Å²) in [5, 5.41) is 79.5. The summed E-state index contributed by atoms with van der Waals surface area (Å²) in [6.07, 6.45) is -7.78. The number of benzene rings is 2. The summed E-state index contributed by atoms with van der Waals surface area (Å²) < 4.78 is 21.1. The van der Waals surface area contributed by atoms with Crippen molar-refractivity contribution in [2.45, 2.75) is 30.7 Å². The Labute approximate surface area is 195 Å². The van der Waals surface area contributed by atoms with Gasteiger partial charge in [-0.2, -0.15) is 0 Å². The molecule has 1 aromatic heterocycles. The van der Waals surface area contributed by atoms with Gasteiger partial charge in [-0.05, 0) is 18.2 Å². The highest BCUT2D eigenvalue weighted by molar-refractivity contribution is 5.91. The number of phenols is 3. The Bertz CT molecular complexity index is 1320. The van der Waals surface area contributed by atoms with E-state index in [1.165, 1.54) is 19.2 Å². The van der Waals surface area contributed by atoms with E-state index in [1.54, 1.807) is 0 Å². The zero-order chi connectivity index (χ0) is 25.6. The van der Waals surface area contributed by atoms with Gasteiger partial charge < -0.3 is 59.5 Å². The number of aromatic hydroxyl groups is 4. The van der Waals surface area contributed by atoms with E-state index in [2.05, 4.69) is 0 Å². The first-order valence-electron chi connectivity index (χ1n) is 10.2. The van der Waals surface area contributed by atoms with Crippen LogP contribution in [0.4, 0.5) is 0 Å². The standard InChI is InChI=1S/C22H22O13/c1-32-11-5-10-13(16(27)14(11)25)17(28)19(30)21(33-10)7-2-3-9(8(24)4-7)34-22-20(31)18(29)15(26)12(6-23)35-22/h2-5,12,15,18,20,22-27,29-31H,6H2,1H3/t12?,15-,18+,20?,22-/m1/s1. The summed E-state index contributed by atoms with van der Waals surface area (Å²) in [6.45, 7) is -0.673. The molecule has 1 saturated heterocycles. The van der Waals surface area contributed by atoms with Crippen molar-refractivity contribution < 1.29 is 59.5 Å². The summed E-state index contributed by atoms with van der Waals surface area (Å²) in [5.41, 5.74) is -1.28. The van der Waals surface area contributed by atoms with Gasteiger partial charge in [0.25, 0.3) is 0 Å². The van der Waals surface area contributed by atoms with Gasteiger partial charge in [0.05, 0.1) is 13.7 Å². The molecule has 1 aliphatic heterocycles.